The largest absolute Gasteiger partial charge is 0.507 e. The van der Waals surface area contributed by atoms with E-state index in [1.54, 1.807) is 6.08 Å². The molecule has 0 radical (unpaired) electrons. The molecule has 0 fully saturated rings. The van der Waals surface area contributed by atoms with Crippen molar-refractivity contribution >= 4 is 40.9 Å². The highest BCUT2D eigenvalue weighted by atomic mass is 35.5. The van der Waals surface area contributed by atoms with Crippen LogP contribution in [0.15, 0.2) is 57.4 Å². The number of hydrogen-bond acceptors (Lipinski definition) is 8. The van der Waals surface area contributed by atoms with Crippen molar-refractivity contribution < 1.29 is 37.4 Å². The minimum absolute atomic E-state index is 0.0571. The molecule has 3 rings (SSSR count). The number of aryl methyl sites for hydroxylation is 1. The molecule has 38 heavy (non-hydrogen) atoms. The van der Waals surface area contributed by atoms with Crippen molar-refractivity contribution in [2.24, 2.45) is 0 Å². The number of alkyl carbamates (subject to hydrolysis) is 1. The van der Waals surface area contributed by atoms with Crippen LogP contribution in [-0.2, 0) is 11.2 Å². The molecular weight excluding hydrogens is 544 g/mol. The third kappa shape index (κ3) is 7.53. The second kappa shape index (κ2) is 13.0. The number of thiophene rings is 1. The van der Waals surface area contributed by atoms with Gasteiger partial charge in [0, 0.05) is 35.7 Å². The number of ketones is 1. The van der Waals surface area contributed by atoms with Crippen LogP contribution in [0.1, 0.15) is 40.8 Å². The zero-order chi connectivity index (χ0) is 27.8. The molecule has 0 unspecified atom stereocenters. The first-order chi connectivity index (χ1) is 18.1. The van der Waals surface area contributed by atoms with Gasteiger partial charge >= 0.3 is 11.7 Å². The summed E-state index contributed by atoms with van der Waals surface area (Å²) in [5, 5.41) is 13.2. The van der Waals surface area contributed by atoms with Gasteiger partial charge in [-0.3, -0.25) is 10.1 Å². The SMILES string of the molecule is COC(=O)N/C=C/CCCc1cc(O)c(C(=O)/C(C)=C/c2sc(Oc3ccc(F)c(F)c3)cc2Cl)c(=O)o1. The summed E-state index contributed by atoms with van der Waals surface area (Å²) in [4.78, 5) is 36.7. The zero-order valence-corrected chi connectivity index (χ0v) is 21.8. The van der Waals surface area contributed by atoms with Crippen molar-refractivity contribution in [3.63, 3.8) is 0 Å². The summed E-state index contributed by atoms with van der Waals surface area (Å²) in [5.74, 6) is -3.10. The minimum Gasteiger partial charge on any atom is -0.507 e. The average Bonchev–Trinajstić information content (AvgIpc) is 3.20. The van der Waals surface area contributed by atoms with Crippen LogP contribution in [0.25, 0.3) is 6.08 Å². The number of halogens is 3. The number of ether oxygens (including phenoxy) is 2. The molecule has 1 amide bonds. The summed E-state index contributed by atoms with van der Waals surface area (Å²) in [5.41, 5.74) is -1.41. The average molecular weight is 566 g/mol. The van der Waals surface area contributed by atoms with Crippen LogP contribution in [-0.4, -0.2) is 24.1 Å². The van der Waals surface area contributed by atoms with Gasteiger partial charge in [-0.25, -0.2) is 18.4 Å². The lowest BCUT2D eigenvalue weighted by atomic mass is 10.0. The van der Waals surface area contributed by atoms with Gasteiger partial charge in [-0.2, -0.15) is 0 Å². The van der Waals surface area contributed by atoms with E-state index >= 15 is 0 Å². The molecule has 1 aromatic carbocycles. The lowest BCUT2D eigenvalue weighted by molar-refractivity contribution is 0.102. The van der Waals surface area contributed by atoms with Gasteiger partial charge in [0.25, 0.3) is 0 Å². The molecule has 0 atom stereocenters. The number of methoxy groups -OCH3 is 1. The molecule has 200 valence electrons. The van der Waals surface area contributed by atoms with E-state index in [9.17, 15) is 28.3 Å². The molecule has 8 nitrogen and oxygen atoms in total. The van der Waals surface area contributed by atoms with E-state index in [2.05, 4.69) is 10.1 Å². The number of Topliss-reactive ketones (excluding diaryl/α,β-unsaturated/α-hetero) is 1. The molecule has 0 saturated carbocycles. The predicted molar refractivity (Wildman–Crippen MR) is 138 cm³/mol. The van der Waals surface area contributed by atoms with Crippen LogP contribution in [0.4, 0.5) is 13.6 Å². The van der Waals surface area contributed by atoms with E-state index in [0.29, 0.717) is 24.1 Å². The van der Waals surface area contributed by atoms with Crippen LogP contribution in [0.2, 0.25) is 5.02 Å². The number of amides is 1. The summed E-state index contributed by atoms with van der Waals surface area (Å²) in [6.45, 7) is 1.44. The summed E-state index contributed by atoms with van der Waals surface area (Å²) in [7, 11) is 1.24. The Bertz CT molecular complexity index is 1460. The molecule has 12 heteroatoms. The van der Waals surface area contributed by atoms with Gasteiger partial charge in [0.15, 0.2) is 22.5 Å². The van der Waals surface area contributed by atoms with Crippen molar-refractivity contribution in [2.75, 3.05) is 7.11 Å². The summed E-state index contributed by atoms with van der Waals surface area (Å²) in [6, 6.07) is 5.72. The van der Waals surface area contributed by atoms with Gasteiger partial charge in [0.1, 0.15) is 22.8 Å². The third-order valence-electron chi connectivity index (χ3n) is 5.01. The summed E-state index contributed by atoms with van der Waals surface area (Å²) in [6.07, 6.45) is 5.31. The first kappa shape index (κ1) is 28.6. The van der Waals surface area contributed by atoms with E-state index in [0.717, 1.165) is 23.5 Å². The first-order valence-corrected chi connectivity index (χ1v) is 12.3. The highest BCUT2D eigenvalue weighted by Crippen LogP contribution is 2.37. The fraction of sp³-hybridized carbons (Fsp3) is 0.192. The molecule has 3 aromatic rings. The van der Waals surface area contributed by atoms with Gasteiger partial charge in [-0.1, -0.05) is 29.0 Å². The maximum Gasteiger partial charge on any atom is 0.410 e. The normalized spacial score (nSPS) is 11.6. The molecule has 2 heterocycles. The molecule has 0 saturated heterocycles. The van der Waals surface area contributed by atoms with E-state index in [1.165, 1.54) is 44.5 Å². The second-order valence-corrected chi connectivity index (χ2v) is 9.26. The number of carbonyl (C=O) groups excluding carboxylic acids is 2. The minimum atomic E-state index is -1.07. The molecule has 2 aromatic heterocycles. The number of rotatable bonds is 10. The van der Waals surface area contributed by atoms with Crippen LogP contribution in [0, 0.1) is 11.6 Å². The Balaban J connectivity index is 1.68. The summed E-state index contributed by atoms with van der Waals surface area (Å²) >= 11 is 7.26. The molecule has 2 N–H and O–H groups in total. The van der Waals surface area contributed by atoms with Crippen molar-refractivity contribution in [3.05, 3.63) is 91.5 Å². The van der Waals surface area contributed by atoms with Gasteiger partial charge in [-0.15, -0.1) is 0 Å². The zero-order valence-electron chi connectivity index (χ0n) is 20.2. The molecule has 0 spiro atoms. The maximum atomic E-state index is 13.4. The van der Waals surface area contributed by atoms with Gasteiger partial charge < -0.3 is 19.0 Å². The topological polar surface area (TPSA) is 115 Å². The monoisotopic (exact) mass is 565 g/mol. The Labute approximate surface area is 224 Å². The van der Waals surface area contributed by atoms with Crippen molar-refractivity contribution in [1.82, 2.24) is 5.32 Å². The Morgan fingerprint density at radius 3 is 2.66 bits per heavy atom. The smallest absolute Gasteiger partial charge is 0.410 e. The molecule has 0 aliphatic heterocycles. The highest BCUT2D eigenvalue weighted by Gasteiger charge is 2.21. The Morgan fingerprint density at radius 1 is 1.21 bits per heavy atom. The molecular formula is C26H22ClF2NO7S. The maximum absolute atomic E-state index is 13.4. The Kier molecular flexibility index (Phi) is 9.80. The molecule has 0 aliphatic carbocycles. The lowest BCUT2D eigenvalue weighted by Crippen LogP contribution is -2.16. The molecule has 0 bridgehead atoms. The van der Waals surface area contributed by atoms with Gasteiger partial charge in [0.05, 0.1) is 12.1 Å². The first-order valence-electron chi connectivity index (χ1n) is 11.1. The van der Waals surface area contributed by atoms with E-state index < -0.39 is 40.4 Å². The van der Waals surface area contributed by atoms with Crippen LogP contribution in [0.3, 0.4) is 0 Å². The predicted octanol–water partition coefficient (Wildman–Crippen LogP) is 6.61. The third-order valence-corrected chi connectivity index (χ3v) is 6.40. The standard InChI is InChI=1S/C26H22ClF2NO7S/c1-14(10-21-17(27)13-22(38-21)36-16-7-8-18(28)19(29)11-16)24(32)23-20(31)12-15(37-25(23)33)6-4-3-5-9-30-26(34)35-2/h5,7-13,31H,3-4,6H2,1-2H3,(H,30,34)/b9-5+,14-10+. The fourth-order valence-corrected chi connectivity index (χ4v) is 4.41. The van der Waals surface area contributed by atoms with E-state index in [4.69, 9.17) is 20.8 Å². The fourth-order valence-electron chi connectivity index (χ4n) is 3.15. The van der Waals surface area contributed by atoms with E-state index in [1.807, 2.05) is 0 Å². The lowest BCUT2D eigenvalue weighted by Gasteiger charge is -2.05. The van der Waals surface area contributed by atoms with Crippen LogP contribution >= 0.6 is 22.9 Å². The number of benzene rings is 1. The van der Waals surface area contributed by atoms with Gasteiger partial charge in [-0.05, 0) is 43.5 Å². The van der Waals surface area contributed by atoms with Crippen LogP contribution < -0.4 is 15.7 Å². The second-order valence-electron chi connectivity index (χ2n) is 7.80. The Morgan fingerprint density at radius 2 is 1.97 bits per heavy atom. The quantitative estimate of drug-likeness (QED) is 0.161. The van der Waals surface area contributed by atoms with Crippen LogP contribution in [0.5, 0.6) is 16.6 Å². The Hall–Kier alpha value is -3.96. The van der Waals surface area contributed by atoms with E-state index in [-0.39, 0.29) is 27.2 Å². The number of aromatic hydroxyl groups is 1. The summed E-state index contributed by atoms with van der Waals surface area (Å²) < 4.78 is 41.7. The van der Waals surface area contributed by atoms with Crippen molar-refractivity contribution in [1.29, 1.82) is 0 Å². The number of hydrogen-bond donors (Lipinski definition) is 2. The highest BCUT2D eigenvalue weighted by molar-refractivity contribution is 7.15. The van der Waals surface area contributed by atoms with Gasteiger partial charge in [0.2, 0.25) is 0 Å². The van der Waals surface area contributed by atoms with Crippen molar-refractivity contribution in [3.8, 4) is 16.6 Å². The number of allylic oxidation sites excluding steroid dienone is 2. The number of unbranched alkanes of at least 4 members (excludes halogenated alkanes) is 1. The number of nitrogens with one attached hydrogen (secondary N) is 1. The number of carbonyl (C=O) groups is 2. The molecule has 0 aliphatic rings. The van der Waals surface area contributed by atoms with Crippen molar-refractivity contribution in [2.45, 2.75) is 26.2 Å².